The van der Waals surface area contributed by atoms with Crippen LogP contribution in [0.1, 0.15) is 297 Å². The Balaban J connectivity index is 5.55. The highest BCUT2D eigenvalue weighted by molar-refractivity contribution is 7.47. The Labute approximate surface area is 678 Å². The number of hydrogen-bond donors (Lipinski definition) is 3. The van der Waals surface area contributed by atoms with E-state index in [9.17, 15) is 43.2 Å². The molecule has 0 aromatic carbocycles. The second-order valence-corrected chi connectivity index (χ2v) is 30.2. The van der Waals surface area contributed by atoms with E-state index < -0.39 is 97.5 Å². The first-order valence-electron chi connectivity index (χ1n) is 42.3. The van der Waals surface area contributed by atoms with Crippen molar-refractivity contribution in [1.29, 1.82) is 0 Å². The number of hydrogen-bond acceptors (Lipinski definition) is 15. The number of carbonyl (C=O) groups is 4. The summed E-state index contributed by atoms with van der Waals surface area (Å²) in [4.78, 5) is 73.2. The fourth-order valence-corrected chi connectivity index (χ4v) is 12.0. The molecule has 0 fully saturated rings. The van der Waals surface area contributed by atoms with E-state index in [2.05, 4.69) is 216 Å². The van der Waals surface area contributed by atoms with Crippen LogP contribution < -0.4 is 0 Å². The lowest BCUT2D eigenvalue weighted by atomic mass is 10.1. The molecule has 0 aliphatic rings. The van der Waals surface area contributed by atoms with Gasteiger partial charge in [0.2, 0.25) is 0 Å². The lowest BCUT2D eigenvalue weighted by molar-refractivity contribution is -0.161. The van der Waals surface area contributed by atoms with Crippen LogP contribution in [0.3, 0.4) is 0 Å². The molecule has 112 heavy (non-hydrogen) atoms. The fraction of sp³-hybridized carbons (Fsp3) is 0.591. The van der Waals surface area contributed by atoms with Crippen LogP contribution in [-0.4, -0.2) is 96.7 Å². The number of aliphatic hydroxyl groups excluding tert-OH is 1. The molecule has 0 radical (unpaired) electrons. The molecule has 0 aliphatic heterocycles. The largest absolute Gasteiger partial charge is 0.472 e. The molecular formula is C93H148O17P2. The molecule has 0 bridgehead atoms. The molecule has 0 aliphatic carbocycles. The maximum Gasteiger partial charge on any atom is 0.472 e. The van der Waals surface area contributed by atoms with Gasteiger partial charge in [-0.3, -0.25) is 37.3 Å². The zero-order valence-electron chi connectivity index (χ0n) is 69.3. The van der Waals surface area contributed by atoms with Gasteiger partial charge in [0, 0.05) is 25.7 Å². The predicted molar refractivity (Wildman–Crippen MR) is 463 cm³/mol. The maximum atomic E-state index is 13.1. The molecule has 632 valence electrons. The smallest absolute Gasteiger partial charge is 0.462 e. The second-order valence-electron chi connectivity index (χ2n) is 27.3. The molecule has 19 heteroatoms. The van der Waals surface area contributed by atoms with Crippen molar-refractivity contribution in [2.75, 3.05) is 39.6 Å². The lowest BCUT2D eigenvalue weighted by Gasteiger charge is -2.21. The Bertz CT molecular complexity index is 2940. The summed E-state index contributed by atoms with van der Waals surface area (Å²) >= 11 is 0. The van der Waals surface area contributed by atoms with Crippen molar-refractivity contribution in [1.82, 2.24) is 0 Å². The summed E-state index contributed by atoms with van der Waals surface area (Å²) < 4.78 is 68.7. The first-order chi connectivity index (χ1) is 54.7. The van der Waals surface area contributed by atoms with Gasteiger partial charge in [-0.2, -0.15) is 0 Å². The highest BCUT2D eigenvalue weighted by atomic mass is 31.2. The van der Waals surface area contributed by atoms with Crippen LogP contribution >= 0.6 is 15.6 Å². The van der Waals surface area contributed by atoms with Gasteiger partial charge < -0.3 is 33.8 Å². The van der Waals surface area contributed by atoms with Crippen molar-refractivity contribution in [2.45, 2.75) is 316 Å². The van der Waals surface area contributed by atoms with Crippen LogP contribution in [0.2, 0.25) is 0 Å². The molecule has 0 heterocycles. The number of aliphatic hydroxyl groups is 1. The molecule has 0 saturated carbocycles. The van der Waals surface area contributed by atoms with Crippen LogP contribution in [0.15, 0.2) is 207 Å². The number of rotatable bonds is 77. The van der Waals surface area contributed by atoms with E-state index in [0.29, 0.717) is 32.1 Å². The molecule has 5 atom stereocenters. The van der Waals surface area contributed by atoms with Crippen molar-refractivity contribution in [2.24, 2.45) is 0 Å². The number of unbranched alkanes of at least 4 members (excludes halogenated alkanes) is 17. The minimum Gasteiger partial charge on any atom is -0.462 e. The summed E-state index contributed by atoms with van der Waals surface area (Å²) in [6.45, 7) is 4.34. The van der Waals surface area contributed by atoms with Gasteiger partial charge in [-0.05, 0) is 180 Å². The van der Waals surface area contributed by atoms with Crippen molar-refractivity contribution in [3.8, 4) is 0 Å². The summed E-state index contributed by atoms with van der Waals surface area (Å²) in [6.07, 6.45) is 104. The molecule has 17 nitrogen and oxygen atoms in total. The van der Waals surface area contributed by atoms with Gasteiger partial charge in [0.25, 0.3) is 0 Å². The van der Waals surface area contributed by atoms with E-state index >= 15 is 0 Å². The average Bonchev–Trinajstić information content (AvgIpc) is 0.907. The number of allylic oxidation sites excluding steroid dienone is 34. The summed E-state index contributed by atoms with van der Waals surface area (Å²) in [5, 5.41) is 10.7. The summed E-state index contributed by atoms with van der Waals surface area (Å²) in [5.74, 6) is -2.37. The molecule has 0 rings (SSSR count). The number of phosphoric acid groups is 2. The number of ether oxygens (including phenoxy) is 4. The standard InChI is InChI=1S/C93H148O17P2/c1-5-9-13-17-21-25-29-33-37-40-43-46-50-54-58-62-66-70-74-78-91(96)104-84-89(110-93(98)80-76-72-68-64-60-56-52-48-45-42-39-35-31-27-23-19-15-11-7-3)86-108-112(101,102)106-82-87(94)81-105-111(99,100)107-85-88(83-103-90(95)77-73-69-65-61-57-53-49-36-32-28-24-20-16-12-8-4)109-92(97)79-75-71-67-63-59-55-51-47-44-41-38-34-30-26-22-18-14-10-6-2/h9-11,13-15,21-23,25-28,32-35,37-39,43-48,54-56,58-60,68,72,87-89,94H,5-8,12,16-20,24,29-31,36,40-42,49-53,57,61-67,69-71,73-86H2,1-4H3,(H,99,100)(H,101,102)/b13-9-,14-10-,15-11-,25-21-,26-22-,27-23-,32-28-,37-33-,38-34-,39-35-,46-43-,47-44-,48-45-,58-54-,59-55-,60-56-,72-68-/t87-,88+,89+/m0/s1. The van der Waals surface area contributed by atoms with Gasteiger partial charge in [0.15, 0.2) is 12.2 Å². The highest BCUT2D eigenvalue weighted by Gasteiger charge is 2.30. The first-order valence-corrected chi connectivity index (χ1v) is 45.3. The van der Waals surface area contributed by atoms with Crippen LogP contribution in [0.25, 0.3) is 0 Å². The monoisotopic (exact) mass is 1600 g/mol. The quantitative estimate of drug-likeness (QED) is 0.0169. The molecule has 0 amide bonds. The molecule has 3 N–H and O–H groups in total. The SMILES string of the molecule is CC/C=C\C/C=C\C/C=C\C/C=C\C/C=C\C/C=C\CCC(=O)O[C@H](COC(=O)CCCCC/C=C\C/C=C\C/C=C\C/C=C\C/C=C\CC)COP(=O)(O)OC[C@@H](O)COP(=O)(O)OC[C@@H](COC(=O)CCCCCCCCC/C=C\CCCCCC)OC(=O)CCCCC/C=C\C/C=C\C/C=C\C/C=C\C/C=C\CC. The summed E-state index contributed by atoms with van der Waals surface area (Å²) in [7, 11) is -10.0. The van der Waals surface area contributed by atoms with E-state index in [0.717, 1.165) is 186 Å². The third kappa shape index (κ3) is 81.6. The van der Waals surface area contributed by atoms with Crippen LogP contribution in [0.5, 0.6) is 0 Å². The third-order valence-electron chi connectivity index (χ3n) is 16.7. The molecule has 0 aromatic heterocycles. The fourth-order valence-electron chi connectivity index (χ4n) is 10.4. The molecule has 2 unspecified atom stereocenters. The van der Waals surface area contributed by atoms with E-state index in [1.165, 1.54) is 25.7 Å². The molecule has 0 saturated heterocycles. The summed E-state index contributed by atoms with van der Waals surface area (Å²) in [6, 6.07) is 0. The lowest BCUT2D eigenvalue weighted by Crippen LogP contribution is -2.30. The Morgan fingerprint density at radius 2 is 0.482 bits per heavy atom. The molecule has 0 aromatic rings. The zero-order chi connectivity index (χ0) is 81.7. The number of esters is 4. The van der Waals surface area contributed by atoms with Gasteiger partial charge >= 0.3 is 39.5 Å². The van der Waals surface area contributed by atoms with E-state index in [-0.39, 0.29) is 25.7 Å². The molecular weight excluding hydrogens is 1450 g/mol. The zero-order valence-corrected chi connectivity index (χ0v) is 71.0. The van der Waals surface area contributed by atoms with Gasteiger partial charge in [-0.25, -0.2) is 9.13 Å². The van der Waals surface area contributed by atoms with Crippen LogP contribution in [0.4, 0.5) is 0 Å². The Hall–Kier alpha value is -6.36. The van der Waals surface area contributed by atoms with Gasteiger partial charge in [-0.1, -0.05) is 298 Å². The van der Waals surface area contributed by atoms with Gasteiger partial charge in [-0.15, -0.1) is 0 Å². The van der Waals surface area contributed by atoms with Crippen LogP contribution in [0, 0.1) is 0 Å². The van der Waals surface area contributed by atoms with Crippen LogP contribution in [-0.2, 0) is 65.4 Å². The third-order valence-corrected chi connectivity index (χ3v) is 18.6. The average molecular weight is 1600 g/mol. The topological polar surface area (TPSA) is 237 Å². The van der Waals surface area contributed by atoms with E-state index in [1.54, 1.807) is 0 Å². The minimum atomic E-state index is -5.02. The number of phosphoric ester groups is 2. The van der Waals surface area contributed by atoms with Crippen molar-refractivity contribution >= 4 is 39.5 Å². The minimum absolute atomic E-state index is 0.0448. The van der Waals surface area contributed by atoms with E-state index in [4.69, 9.17) is 37.0 Å². The predicted octanol–water partition coefficient (Wildman–Crippen LogP) is 25.4. The van der Waals surface area contributed by atoms with Crippen molar-refractivity contribution < 1.29 is 80.2 Å². The van der Waals surface area contributed by atoms with Crippen molar-refractivity contribution in [3.05, 3.63) is 207 Å². The van der Waals surface area contributed by atoms with Crippen molar-refractivity contribution in [3.63, 3.8) is 0 Å². The first kappa shape index (κ1) is 106. The Kier molecular flexibility index (Phi) is 77.9. The Morgan fingerprint density at radius 3 is 0.786 bits per heavy atom. The summed E-state index contributed by atoms with van der Waals surface area (Å²) in [5.41, 5.74) is 0. The van der Waals surface area contributed by atoms with Gasteiger partial charge in [0.1, 0.15) is 19.3 Å². The Morgan fingerprint density at radius 1 is 0.259 bits per heavy atom. The normalized spacial score (nSPS) is 14.8. The maximum absolute atomic E-state index is 13.1. The highest BCUT2D eigenvalue weighted by Crippen LogP contribution is 2.45. The molecule has 0 spiro atoms. The van der Waals surface area contributed by atoms with E-state index in [1.807, 2.05) is 18.2 Å². The van der Waals surface area contributed by atoms with Gasteiger partial charge in [0.05, 0.1) is 26.4 Å². The second kappa shape index (κ2) is 82.6. The number of carbonyl (C=O) groups excluding carboxylic acids is 4.